The topological polar surface area (TPSA) is 53.4 Å². The minimum Gasteiger partial charge on any atom is -0.480 e. The quantitative estimate of drug-likeness (QED) is 0.911. The zero-order valence-electron chi connectivity index (χ0n) is 11.0. The molecule has 1 aromatic carbocycles. The molecule has 2 rings (SSSR count). The number of pyridine rings is 1. The number of hydrogen-bond acceptors (Lipinski definition) is 3. The third-order valence-corrected chi connectivity index (χ3v) is 3.07. The number of aromatic nitrogens is 1. The van der Waals surface area contributed by atoms with E-state index in [0.29, 0.717) is 5.56 Å². The molecule has 4 nitrogen and oxygen atoms in total. The van der Waals surface area contributed by atoms with Gasteiger partial charge in [0.2, 0.25) is 0 Å². The molecule has 0 amide bonds. The molecule has 0 aliphatic carbocycles. The van der Waals surface area contributed by atoms with Crippen molar-refractivity contribution < 1.29 is 14.3 Å². The number of aliphatic carboxylic acids is 1. The number of para-hydroxylation sites is 1. The Labute approximate surface area is 116 Å². The van der Waals surface area contributed by atoms with Gasteiger partial charge in [0.15, 0.2) is 0 Å². The number of carboxylic acid groups (broad SMARTS) is 1. The second-order valence-corrected chi connectivity index (χ2v) is 4.47. The van der Waals surface area contributed by atoms with Gasteiger partial charge in [-0.3, -0.25) is 9.78 Å². The Bertz CT molecular complexity index is 589. The van der Waals surface area contributed by atoms with Crippen molar-refractivity contribution in [3.8, 4) is 0 Å². The number of anilines is 1. The van der Waals surface area contributed by atoms with E-state index in [4.69, 9.17) is 5.11 Å². The van der Waals surface area contributed by atoms with Crippen LogP contribution in [0.25, 0.3) is 0 Å². The molecule has 1 aromatic heterocycles. The van der Waals surface area contributed by atoms with E-state index in [2.05, 4.69) is 4.98 Å². The Hall–Kier alpha value is -2.43. The fraction of sp³-hybridized carbons (Fsp3) is 0.200. The predicted octanol–water partition coefficient (Wildman–Crippen LogP) is 2.87. The van der Waals surface area contributed by atoms with Gasteiger partial charge in [0, 0.05) is 11.9 Å². The zero-order chi connectivity index (χ0) is 14.5. The summed E-state index contributed by atoms with van der Waals surface area (Å²) in [6, 6.07) is 10.3. The number of rotatable bonds is 5. The zero-order valence-corrected chi connectivity index (χ0v) is 11.0. The maximum absolute atomic E-state index is 13.3. The van der Waals surface area contributed by atoms with Gasteiger partial charge in [-0.2, -0.15) is 0 Å². The van der Waals surface area contributed by atoms with Crippen LogP contribution in [-0.2, 0) is 4.79 Å². The molecule has 1 unspecified atom stereocenters. The van der Waals surface area contributed by atoms with Crippen molar-refractivity contribution in [3.63, 3.8) is 0 Å². The van der Waals surface area contributed by atoms with Crippen molar-refractivity contribution in [1.82, 2.24) is 4.98 Å². The normalized spacial score (nSPS) is 11.9. The number of hydrogen-bond donors (Lipinski definition) is 1. The summed E-state index contributed by atoms with van der Waals surface area (Å²) < 4.78 is 13.3. The van der Waals surface area contributed by atoms with E-state index in [-0.39, 0.29) is 12.6 Å². The lowest BCUT2D eigenvalue weighted by molar-refractivity contribution is -0.135. The Balaban J connectivity index is 2.33. The van der Waals surface area contributed by atoms with E-state index in [1.165, 1.54) is 6.07 Å². The standard InChI is InChI=1S/C15H15FN2O2/c1-11(12-7-13(16)9-17-8-12)18(10-15(19)20)14-5-3-2-4-6-14/h2-9,11H,10H2,1H3,(H,19,20). The first kappa shape index (κ1) is 14.0. The van der Waals surface area contributed by atoms with Crippen molar-refractivity contribution in [1.29, 1.82) is 0 Å². The molecule has 2 aromatic rings. The highest BCUT2D eigenvalue weighted by Crippen LogP contribution is 2.26. The van der Waals surface area contributed by atoms with Crippen LogP contribution in [0.15, 0.2) is 48.8 Å². The van der Waals surface area contributed by atoms with Crippen molar-refractivity contribution in [3.05, 3.63) is 60.2 Å². The van der Waals surface area contributed by atoms with Gasteiger partial charge in [0.05, 0.1) is 12.2 Å². The molecule has 1 N–H and O–H groups in total. The van der Waals surface area contributed by atoms with Crippen LogP contribution in [0.4, 0.5) is 10.1 Å². The van der Waals surface area contributed by atoms with E-state index < -0.39 is 11.8 Å². The number of halogens is 1. The SMILES string of the molecule is CC(c1cncc(F)c1)N(CC(=O)O)c1ccccc1. The van der Waals surface area contributed by atoms with Crippen molar-refractivity contribution in [2.75, 3.05) is 11.4 Å². The summed E-state index contributed by atoms with van der Waals surface area (Å²) in [5, 5.41) is 9.06. The minimum atomic E-state index is -0.940. The van der Waals surface area contributed by atoms with E-state index in [0.717, 1.165) is 11.9 Å². The monoisotopic (exact) mass is 274 g/mol. The van der Waals surface area contributed by atoms with Gasteiger partial charge in [0.25, 0.3) is 0 Å². The Kier molecular flexibility index (Phi) is 4.30. The lowest BCUT2D eigenvalue weighted by Crippen LogP contribution is -2.32. The minimum absolute atomic E-state index is 0.165. The fourth-order valence-corrected chi connectivity index (χ4v) is 2.05. The first-order chi connectivity index (χ1) is 9.58. The molecule has 0 aliphatic rings. The van der Waals surface area contributed by atoms with Gasteiger partial charge in [-0.1, -0.05) is 18.2 Å². The Morgan fingerprint density at radius 3 is 2.65 bits per heavy atom. The van der Waals surface area contributed by atoms with E-state index >= 15 is 0 Å². The fourth-order valence-electron chi connectivity index (χ4n) is 2.05. The van der Waals surface area contributed by atoms with Gasteiger partial charge in [0.1, 0.15) is 12.4 Å². The summed E-state index contributed by atoms with van der Waals surface area (Å²) in [5.41, 5.74) is 1.40. The van der Waals surface area contributed by atoms with Crippen LogP contribution in [0.2, 0.25) is 0 Å². The third kappa shape index (κ3) is 3.32. The van der Waals surface area contributed by atoms with Gasteiger partial charge in [-0.05, 0) is 30.7 Å². The second kappa shape index (κ2) is 6.14. The van der Waals surface area contributed by atoms with Crippen LogP contribution in [0.1, 0.15) is 18.5 Å². The molecular formula is C15H15FN2O2. The summed E-state index contributed by atoms with van der Waals surface area (Å²) in [5.74, 6) is -1.37. The molecule has 0 saturated carbocycles. The van der Waals surface area contributed by atoms with Crippen LogP contribution in [0.3, 0.4) is 0 Å². The molecule has 0 spiro atoms. The van der Waals surface area contributed by atoms with Crippen molar-refractivity contribution >= 4 is 11.7 Å². The maximum atomic E-state index is 13.3. The largest absolute Gasteiger partial charge is 0.480 e. The second-order valence-electron chi connectivity index (χ2n) is 4.47. The average Bonchev–Trinajstić information content (AvgIpc) is 2.45. The molecule has 1 atom stereocenters. The number of carboxylic acids is 1. The number of nitrogens with zero attached hydrogens (tertiary/aromatic N) is 2. The summed E-state index contributed by atoms with van der Waals surface area (Å²) in [4.78, 5) is 16.6. The highest BCUT2D eigenvalue weighted by molar-refractivity contribution is 5.74. The summed E-state index contributed by atoms with van der Waals surface area (Å²) in [6.07, 6.45) is 2.67. The molecule has 0 fully saturated rings. The highest BCUT2D eigenvalue weighted by atomic mass is 19.1. The molecule has 1 heterocycles. The Morgan fingerprint density at radius 1 is 1.35 bits per heavy atom. The smallest absolute Gasteiger partial charge is 0.323 e. The highest BCUT2D eigenvalue weighted by Gasteiger charge is 2.19. The van der Waals surface area contributed by atoms with E-state index in [1.807, 2.05) is 37.3 Å². The summed E-state index contributed by atoms with van der Waals surface area (Å²) in [7, 11) is 0. The molecule has 0 aliphatic heterocycles. The van der Waals surface area contributed by atoms with Crippen LogP contribution in [0, 0.1) is 5.82 Å². The van der Waals surface area contributed by atoms with Crippen molar-refractivity contribution in [2.24, 2.45) is 0 Å². The lowest BCUT2D eigenvalue weighted by Gasteiger charge is -2.30. The van der Waals surface area contributed by atoms with Gasteiger partial charge >= 0.3 is 5.97 Å². The van der Waals surface area contributed by atoms with Gasteiger partial charge < -0.3 is 10.0 Å². The molecule has 0 saturated heterocycles. The van der Waals surface area contributed by atoms with Gasteiger partial charge in [-0.25, -0.2) is 4.39 Å². The average molecular weight is 274 g/mol. The summed E-state index contributed by atoms with van der Waals surface area (Å²) >= 11 is 0. The van der Waals surface area contributed by atoms with Crippen LogP contribution in [-0.4, -0.2) is 22.6 Å². The lowest BCUT2D eigenvalue weighted by atomic mass is 10.1. The molecular weight excluding hydrogens is 259 g/mol. The molecule has 0 radical (unpaired) electrons. The van der Waals surface area contributed by atoms with Crippen LogP contribution >= 0.6 is 0 Å². The number of carbonyl (C=O) groups is 1. The molecule has 5 heteroatoms. The number of benzene rings is 1. The maximum Gasteiger partial charge on any atom is 0.323 e. The van der Waals surface area contributed by atoms with Crippen LogP contribution in [0.5, 0.6) is 0 Å². The molecule has 20 heavy (non-hydrogen) atoms. The first-order valence-electron chi connectivity index (χ1n) is 6.22. The first-order valence-corrected chi connectivity index (χ1v) is 6.22. The Morgan fingerprint density at radius 2 is 2.05 bits per heavy atom. The van der Waals surface area contributed by atoms with Crippen molar-refractivity contribution in [2.45, 2.75) is 13.0 Å². The van der Waals surface area contributed by atoms with Gasteiger partial charge in [-0.15, -0.1) is 0 Å². The third-order valence-electron chi connectivity index (χ3n) is 3.07. The van der Waals surface area contributed by atoms with Crippen LogP contribution < -0.4 is 4.90 Å². The molecule has 104 valence electrons. The molecule has 0 bridgehead atoms. The predicted molar refractivity (Wildman–Crippen MR) is 74.0 cm³/mol. The van der Waals surface area contributed by atoms with E-state index in [9.17, 15) is 9.18 Å². The summed E-state index contributed by atoms with van der Waals surface area (Å²) in [6.45, 7) is 1.66. The van der Waals surface area contributed by atoms with E-state index in [1.54, 1.807) is 11.1 Å².